The van der Waals surface area contributed by atoms with Crippen LogP contribution in [-0.2, 0) is 4.79 Å². The number of hydrogen-bond acceptors (Lipinski definition) is 4. The Kier molecular flexibility index (Phi) is 6.19. The average Bonchev–Trinajstić information content (AvgIpc) is 3.15. The van der Waals surface area contributed by atoms with Gasteiger partial charge in [0.2, 0.25) is 0 Å². The second-order valence-corrected chi connectivity index (χ2v) is 6.66. The van der Waals surface area contributed by atoms with E-state index in [2.05, 4.69) is 11.4 Å². The fourth-order valence-electron chi connectivity index (χ4n) is 3.69. The SMILES string of the molecule is COc1ccc(NC(=O)C[NH+]2CCC[C@@H]2c2ccc(OC)cc2OC)cc1. The molecule has 1 amide bonds. The van der Waals surface area contributed by atoms with Crippen molar-refractivity contribution in [2.45, 2.75) is 18.9 Å². The van der Waals surface area contributed by atoms with Crippen LogP contribution >= 0.6 is 0 Å². The van der Waals surface area contributed by atoms with Gasteiger partial charge in [-0.05, 0) is 36.4 Å². The lowest BCUT2D eigenvalue weighted by molar-refractivity contribution is -0.910. The van der Waals surface area contributed by atoms with Crippen LogP contribution < -0.4 is 24.4 Å². The van der Waals surface area contributed by atoms with Crippen molar-refractivity contribution < 1.29 is 23.9 Å². The molecule has 0 spiro atoms. The maximum atomic E-state index is 12.5. The summed E-state index contributed by atoms with van der Waals surface area (Å²) in [6.07, 6.45) is 2.12. The number of methoxy groups -OCH3 is 3. The molecule has 0 aromatic heterocycles. The molecule has 1 aliphatic heterocycles. The number of ether oxygens (including phenoxy) is 3. The molecule has 0 aliphatic carbocycles. The van der Waals surface area contributed by atoms with Crippen LogP contribution in [0.1, 0.15) is 24.4 Å². The van der Waals surface area contributed by atoms with Gasteiger partial charge in [0.25, 0.3) is 5.91 Å². The number of nitrogens with one attached hydrogen (secondary N) is 2. The molecule has 0 saturated carbocycles. The molecule has 1 fully saturated rings. The fraction of sp³-hybridized carbons (Fsp3) is 0.381. The molecule has 144 valence electrons. The van der Waals surface area contributed by atoms with Crippen LogP contribution in [0.5, 0.6) is 17.2 Å². The minimum absolute atomic E-state index is 0.00884. The van der Waals surface area contributed by atoms with Gasteiger partial charge in [-0.3, -0.25) is 4.79 Å². The zero-order valence-electron chi connectivity index (χ0n) is 16.1. The monoisotopic (exact) mass is 371 g/mol. The van der Waals surface area contributed by atoms with Crippen LogP contribution in [0.15, 0.2) is 42.5 Å². The zero-order valence-corrected chi connectivity index (χ0v) is 16.1. The summed E-state index contributed by atoms with van der Waals surface area (Å²) >= 11 is 0. The molecular weight excluding hydrogens is 344 g/mol. The summed E-state index contributed by atoms with van der Waals surface area (Å²) in [5.41, 5.74) is 1.90. The third-order valence-electron chi connectivity index (χ3n) is 5.06. The predicted molar refractivity (Wildman–Crippen MR) is 104 cm³/mol. The second kappa shape index (κ2) is 8.77. The molecule has 0 radical (unpaired) electrons. The first-order chi connectivity index (χ1) is 13.1. The van der Waals surface area contributed by atoms with E-state index in [9.17, 15) is 4.79 Å². The molecule has 6 nitrogen and oxygen atoms in total. The van der Waals surface area contributed by atoms with Gasteiger partial charge in [0.05, 0.1) is 33.4 Å². The highest BCUT2D eigenvalue weighted by atomic mass is 16.5. The largest absolute Gasteiger partial charge is 0.497 e. The van der Waals surface area contributed by atoms with Crippen molar-refractivity contribution in [1.82, 2.24) is 0 Å². The van der Waals surface area contributed by atoms with Gasteiger partial charge in [-0.1, -0.05) is 0 Å². The van der Waals surface area contributed by atoms with E-state index in [-0.39, 0.29) is 11.9 Å². The number of amides is 1. The van der Waals surface area contributed by atoms with Gasteiger partial charge >= 0.3 is 0 Å². The van der Waals surface area contributed by atoms with E-state index < -0.39 is 0 Å². The lowest BCUT2D eigenvalue weighted by Gasteiger charge is -2.23. The lowest BCUT2D eigenvalue weighted by Crippen LogP contribution is -3.11. The molecule has 2 aromatic carbocycles. The molecule has 6 heteroatoms. The van der Waals surface area contributed by atoms with Crippen molar-refractivity contribution in [3.05, 3.63) is 48.0 Å². The Bertz CT molecular complexity index is 776. The Hall–Kier alpha value is -2.73. The first-order valence-electron chi connectivity index (χ1n) is 9.15. The molecule has 0 bridgehead atoms. The minimum atomic E-state index is 0.00884. The third kappa shape index (κ3) is 4.52. The Morgan fingerprint density at radius 1 is 1.04 bits per heavy atom. The lowest BCUT2D eigenvalue weighted by atomic mass is 10.0. The number of quaternary nitrogens is 1. The van der Waals surface area contributed by atoms with Gasteiger partial charge < -0.3 is 24.4 Å². The van der Waals surface area contributed by atoms with E-state index in [0.29, 0.717) is 6.54 Å². The fourth-order valence-corrected chi connectivity index (χ4v) is 3.69. The second-order valence-electron chi connectivity index (χ2n) is 6.66. The molecule has 3 rings (SSSR count). The summed E-state index contributed by atoms with van der Waals surface area (Å²) in [6, 6.07) is 13.5. The van der Waals surface area contributed by atoms with Crippen molar-refractivity contribution in [2.75, 3.05) is 39.7 Å². The summed E-state index contributed by atoms with van der Waals surface area (Å²) in [6.45, 7) is 1.39. The first-order valence-corrected chi connectivity index (χ1v) is 9.15. The van der Waals surface area contributed by atoms with Gasteiger partial charge in [-0.25, -0.2) is 0 Å². The van der Waals surface area contributed by atoms with E-state index in [1.54, 1.807) is 21.3 Å². The van der Waals surface area contributed by atoms with Crippen molar-refractivity contribution in [1.29, 1.82) is 0 Å². The van der Waals surface area contributed by atoms with Crippen molar-refractivity contribution in [3.63, 3.8) is 0 Å². The summed E-state index contributed by atoms with van der Waals surface area (Å²) in [7, 11) is 4.94. The molecule has 1 unspecified atom stereocenters. The molecule has 2 N–H and O–H groups in total. The first kappa shape index (κ1) is 19.0. The number of benzene rings is 2. The van der Waals surface area contributed by atoms with Crippen LogP contribution in [0.4, 0.5) is 5.69 Å². The smallest absolute Gasteiger partial charge is 0.279 e. The highest BCUT2D eigenvalue weighted by Crippen LogP contribution is 2.31. The van der Waals surface area contributed by atoms with Gasteiger partial charge in [0.1, 0.15) is 23.3 Å². The maximum absolute atomic E-state index is 12.5. The van der Waals surface area contributed by atoms with E-state index in [1.807, 2.05) is 36.4 Å². The van der Waals surface area contributed by atoms with Crippen LogP contribution in [0.25, 0.3) is 0 Å². The van der Waals surface area contributed by atoms with Crippen molar-refractivity contribution in [3.8, 4) is 17.2 Å². The molecule has 27 heavy (non-hydrogen) atoms. The van der Waals surface area contributed by atoms with Crippen LogP contribution in [0.3, 0.4) is 0 Å². The van der Waals surface area contributed by atoms with Gasteiger partial charge in [-0.15, -0.1) is 0 Å². The highest BCUT2D eigenvalue weighted by molar-refractivity contribution is 5.91. The topological polar surface area (TPSA) is 61.2 Å². The van der Waals surface area contributed by atoms with E-state index in [0.717, 1.165) is 47.9 Å². The summed E-state index contributed by atoms with van der Waals surface area (Å²) in [5.74, 6) is 2.36. The number of carbonyl (C=O) groups excluding carboxylic acids is 1. The Labute approximate surface area is 160 Å². The van der Waals surface area contributed by atoms with Gasteiger partial charge in [0.15, 0.2) is 6.54 Å². The highest BCUT2D eigenvalue weighted by Gasteiger charge is 2.33. The number of hydrogen-bond donors (Lipinski definition) is 2. The normalized spacial score (nSPS) is 18.8. The molecule has 2 atom stereocenters. The van der Waals surface area contributed by atoms with Crippen molar-refractivity contribution >= 4 is 11.6 Å². The number of likely N-dealkylation sites (tertiary alicyclic amines) is 1. The third-order valence-corrected chi connectivity index (χ3v) is 5.06. The minimum Gasteiger partial charge on any atom is -0.497 e. The van der Waals surface area contributed by atoms with Gasteiger partial charge in [0, 0.05) is 24.6 Å². The summed E-state index contributed by atoms with van der Waals surface area (Å²) in [4.78, 5) is 13.8. The standard InChI is InChI=1S/C21H26N2O4/c1-25-16-8-6-15(7-9-16)22-21(24)14-23-12-4-5-19(23)18-11-10-17(26-2)13-20(18)27-3/h6-11,13,19H,4-5,12,14H2,1-3H3,(H,22,24)/p+1/t19-/m1/s1. The number of carbonyl (C=O) groups is 1. The molecule has 2 aromatic rings. The average molecular weight is 371 g/mol. The maximum Gasteiger partial charge on any atom is 0.279 e. The molecule has 1 saturated heterocycles. The van der Waals surface area contributed by atoms with E-state index >= 15 is 0 Å². The molecule has 1 aliphatic rings. The quantitative estimate of drug-likeness (QED) is 0.782. The Morgan fingerprint density at radius 3 is 2.41 bits per heavy atom. The van der Waals surface area contributed by atoms with Crippen LogP contribution in [0, 0.1) is 0 Å². The predicted octanol–water partition coefficient (Wildman–Crippen LogP) is 2.07. The number of rotatable bonds is 7. The van der Waals surface area contributed by atoms with Crippen LogP contribution in [0.2, 0.25) is 0 Å². The molecule has 1 heterocycles. The van der Waals surface area contributed by atoms with Crippen molar-refractivity contribution in [2.24, 2.45) is 0 Å². The summed E-state index contributed by atoms with van der Waals surface area (Å²) in [5, 5.41) is 2.97. The Morgan fingerprint density at radius 2 is 1.74 bits per heavy atom. The zero-order chi connectivity index (χ0) is 19.2. The van der Waals surface area contributed by atoms with Gasteiger partial charge in [-0.2, -0.15) is 0 Å². The van der Waals surface area contributed by atoms with Crippen LogP contribution in [-0.4, -0.2) is 40.3 Å². The summed E-state index contributed by atoms with van der Waals surface area (Å²) < 4.78 is 16.0. The Balaban J connectivity index is 1.68. The van der Waals surface area contributed by atoms with E-state index in [4.69, 9.17) is 14.2 Å². The molecular formula is C21H27N2O4+. The van der Waals surface area contributed by atoms with E-state index in [1.165, 1.54) is 4.90 Å². The number of anilines is 1.